The van der Waals surface area contributed by atoms with Crippen molar-refractivity contribution in [3.8, 4) is 0 Å². The third kappa shape index (κ3) is 1.58. The third-order valence-corrected chi connectivity index (χ3v) is 3.41. The van der Waals surface area contributed by atoms with Gasteiger partial charge in [0.05, 0.1) is 11.5 Å². The number of carboxylic acid groups (broad SMARTS) is 1. The molecule has 1 aromatic carbocycles. The van der Waals surface area contributed by atoms with Crippen LogP contribution in [0.4, 0.5) is 0 Å². The molecule has 0 unspecified atom stereocenters. The fraction of sp³-hybridized carbons (Fsp3) is 0.231. The van der Waals surface area contributed by atoms with Crippen molar-refractivity contribution in [1.29, 1.82) is 0 Å². The first kappa shape index (κ1) is 10.5. The lowest BCUT2D eigenvalue weighted by atomic mass is 10.0. The Labute approximate surface area is 103 Å². The van der Waals surface area contributed by atoms with Crippen LogP contribution >= 0.6 is 11.6 Å². The van der Waals surface area contributed by atoms with Crippen molar-refractivity contribution in [3.63, 3.8) is 0 Å². The Morgan fingerprint density at radius 1 is 1.35 bits per heavy atom. The Morgan fingerprint density at radius 3 is 2.94 bits per heavy atom. The molecule has 3 rings (SSSR count). The molecule has 0 fully saturated rings. The average Bonchev–Trinajstić information content (AvgIpc) is 2.72. The molecule has 0 radical (unpaired) electrons. The topological polar surface area (TPSA) is 53.0 Å². The third-order valence-electron chi connectivity index (χ3n) is 3.18. The predicted molar refractivity (Wildman–Crippen MR) is 63.1 cm³/mol. The second kappa shape index (κ2) is 3.70. The van der Waals surface area contributed by atoms with Crippen molar-refractivity contribution in [1.82, 2.24) is 4.98 Å². The quantitative estimate of drug-likeness (QED) is 0.770. The van der Waals surface area contributed by atoms with Crippen molar-refractivity contribution >= 4 is 28.5 Å². The van der Waals surface area contributed by atoms with Crippen LogP contribution in [-0.4, -0.2) is 11.0 Å². The highest BCUT2D eigenvalue weighted by atomic mass is 35.5. The largest absolute Gasteiger partial charge is 0.545 e. The molecule has 0 amide bonds. The number of carboxylic acids is 1. The van der Waals surface area contributed by atoms with E-state index in [1.165, 1.54) is 0 Å². The Morgan fingerprint density at radius 2 is 2.18 bits per heavy atom. The van der Waals surface area contributed by atoms with Gasteiger partial charge in [0.2, 0.25) is 0 Å². The van der Waals surface area contributed by atoms with Crippen LogP contribution < -0.4 is 5.11 Å². The van der Waals surface area contributed by atoms with E-state index < -0.39 is 5.97 Å². The number of nitrogens with zero attached hydrogens (tertiary/aromatic N) is 1. The summed E-state index contributed by atoms with van der Waals surface area (Å²) >= 11 is 5.91. The van der Waals surface area contributed by atoms with Gasteiger partial charge in [-0.1, -0.05) is 11.6 Å². The van der Waals surface area contributed by atoms with Crippen LogP contribution in [0.2, 0.25) is 5.02 Å². The van der Waals surface area contributed by atoms with Crippen molar-refractivity contribution in [2.75, 3.05) is 0 Å². The fourth-order valence-corrected chi connectivity index (χ4v) is 2.64. The minimum absolute atomic E-state index is 0.269. The van der Waals surface area contributed by atoms with E-state index in [1.807, 2.05) is 0 Å². The highest BCUT2D eigenvalue weighted by Crippen LogP contribution is 2.30. The molecule has 3 nitrogen and oxygen atoms in total. The number of fused-ring (bicyclic) bond motifs is 2. The maximum atomic E-state index is 11.3. The molecule has 2 aromatic rings. The summed E-state index contributed by atoms with van der Waals surface area (Å²) in [5.41, 5.74) is 2.65. The first-order chi connectivity index (χ1) is 8.16. The number of hydrogen-bond donors (Lipinski definition) is 0. The summed E-state index contributed by atoms with van der Waals surface area (Å²) in [6.07, 6.45) is 2.55. The zero-order valence-corrected chi connectivity index (χ0v) is 9.75. The first-order valence-corrected chi connectivity index (χ1v) is 5.87. The van der Waals surface area contributed by atoms with Crippen molar-refractivity contribution in [2.45, 2.75) is 19.3 Å². The molecule has 0 N–H and O–H groups in total. The van der Waals surface area contributed by atoms with Gasteiger partial charge in [-0.2, -0.15) is 0 Å². The summed E-state index contributed by atoms with van der Waals surface area (Å²) in [6.45, 7) is 0. The number of carbonyl (C=O) groups excluding carboxylic acids is 1. The van der Waals surface area contributed by atoms with Gasteiger partial charge in [-0.3, -0.25) is 4.98 Å². The van der Waals surface area contributed by atoms with E-state index in [2.05, 4.69) is 4.98 Å². The number of carbonyl (C=O) groups is 1. The molecular weight excluding hydrogens is 238 g/mol. The van der Waals surface area contributed by atoms with Crippen LogP contribution in [0.1, 0.15) is 28.0 Å². The smallest absolute Gasteiger partial charge is 0.0725 e. The summed E-state index contributed by atoms with van der Waals surface area (Å²) in [6, 6.07) is 5.12. The van der Waals surface area contributed by atoms with Gasteiger partial charge in [0.25, 0.3) is 0 Å². The minimum atomic E-state index is -1.14. The lowest BCUT2D eigenvalue weighted by molar-refractivity contribution is -0.254. The van der Waals surface area contributed by atoms with E-state index in [4.69, 9.17) is 11.6 Å². The summed E-state index contributed by atoms with van der Waals surface area (Å²) in [5.74, 6) is -1.14. The zero-order chi connectivity index (χ0) is 12.0. The highest BCUT2D eigenvalue weighted by Gasteiger charge is 2.20. The highest BCUT2D eigenvalue weighted by molar-refractivity contribution is 6.31. The number of aromatic nitrogens is 1. The Balaban J connectivity index is 2.45. The molecular formula is C13H9ClNO2-. The van der Waals surface area contributed by atoms with Gasteiger partial charge in [-0.05, 0) is 43.0 Å². The number of hydrogen-bond acceptors (Lipinski definition) is 3. The Kier molecular flexibility index (Phi) is 2.30. The molecule has 1 aliphatic carbocycles. The molecule has 1 aliphatic rings. The van der Waals surface area contributed by atoms with Crippen LogP contribution in [0, 0.1) is 0 Å². The van der Waals surface area contributed by atoms with E-state index in [1.54, 1.807) is 18.2 Å². The number of aromatic carboxylic acids is 1. The molecule has 0 spiro atoms. The second-order valence-corrected chi connectivity index (χ2v) is 4.65. The molecule has 0 saturated carbocycles. The van der Waals surface area contributed by atoms with Crippen LogP contribution in [0.15, 0.2) is 18.2 Å². The number of halogens is 1. The number of aryl methyl sites for hydroxylation is 1. The lowest BCUT2D eigenvalue weighted by Gasteiger charge is -2.13. The average molecular weight is 247 g/mol. The molecule has 4 heteroatoms. The van der Waals surface area contributed by atoms with Crippen LogP contribution in [0.25, 0.3) is 10.9 Å². The molecule has 1 heterocycles. The summed E-state index contributed by atoms with van der Waals surface area (Å²) in [7, 11) is 0. The second-order valence-electron chi connectivity index (χ2n) is 4.21. The molecule has 0 atom stereocenters. The maximum absolute atomic E-state index is 11.3. The van der Waals surface area contributed by atoms with Gasteiger partial charge in [0.15, 0.2) is 0 Å². The number of pyridine rings is 1. The van der Waals surface area contributed by atoms with E-state index in [0.29, 0.717) is 15.9 Å². The van der Waals surface area contributed by atoms with Crippen molar-refractivity contribution in [2.24, 2.45) is 0 Å². The Bertz CT molecular complexity index is 637. The molecule has 0 aliphatic heterocycles. The Hall–Kier alpha value is -1.61. The van der Waals surface area contributed by atoms with Gasteiger partial charge in [0.1, 0.15) is 0 Å². The number of benzene rings is 1. The molecule has 1 aromatic heterocycles. The standard InChI is InChI=1S/C13H10ClNO2/c14-7-4-5-11-9(6-7)12(13(16)17)8-2-1-3-10(8)15-11/h4-6H,1-3H2,(H,16,17)/p-1. The lowest BCUT2D eigenvalue weighted by Crippen LogP contribution is -2.24. The molecule has 17 heavy (non-hydrogen) atoms. The monoisotopic (exact) mass is 246 g/mol. The van der Waals surface area contributed by atoms with Crippen molar-refractivity contribution in [3.05, 3.63) is 40.0 Å². The SMILES string of the molecule is O=C([O-])c1c2c(nc3ccc(Cl)cc13)CCC2. The van der Waals surface area contributed by atoms with E-state index in [-0.39, 0.29) is 5.56 Å². The summed E-state index contributed by atoms with van der Waals surface area (Å²) in [5, 5.41) is 12.4. The van der Waals surface area contributed by atoms with Gasteiger partial charge >= 0.3 is 0 Å². The van der Waals surface area contributed by atoms with Gasteiger partial charge in [0, 0.05) is 21.7 Å². The molecule has 0 saturated heterocycles. The maximum Gasteiger partial charge on any atom is 0.0725 e. The fourth-order valence-electron chi connectivity index (χ4n) is 2.47. The number of rotatable bonds is 1. The summed E-state index contributed by atoms with van der Waals surface area (Å²) < 4.78 is 0. The summed E-state index contributed by atoms with van der Waals surface area (Å²) in [4.78, 5) is 15.8. The van der Waals surface area contributed by atoms with Crippen LogP contribution in [0.3, 0.4) is 0 Å². The predicted octanol–water partition coefficient (Wildman–Crippen LogP) is 1.74. The van der Waals surface area contributed by atoms with E-state index in [9.17, 15) is 9.90 Å². The van der Waals surface area contributed by atoms with E-state index >= 15 is 0 Å². The van der Waals surface area contributed by atoms with Gasteiger partial charge in [-0.25, -0.2) is 0 Å². The molecule has 86 valence electrons. The first-order valence-electron chi connectivity index (χ1n) is 5.49. The van der Waals surface area contributed by atoms with Crippen LogP contribution in [-0.2, 0) is 12.8 Å². The molecule has 0 bridgehead atoms. The van der Waals surface area contributed by atoms with Gasteiger partial charge in [-0.15, -0.1) is 0 Å². The van der Waals surface area contributed by atoms with Gasteiger partial charge < -0.3 is 9.90 Å². The van der Waals surface area contributed by atoms with E-state index in [0.717, 1.165) is 30.5 Å². The van der Waals surface area contributed by atoms with Crippen molar-refractivity contribution < 1.29 is 9.90 Å². The normalized spacial score (nSPS) is 13.9. The minimum Gasteiger partial charge on any atom is -0.545 e. The van der Waals surface area contributed by atoms with Crippen LogP contribution in [0.5, 0.6) is 0 Å². The zero-order valence-electron chi connectivity index (χ0n) is 9.00.